The number of carbonyl (C=O) groups is 1. The highest BCUT2D eigenvalue weighted by atomic mass is 35.5. The van der Waals surface area contributed by atoms with E-state index in [9.17, 15) is 4.79 Å². The molecule has 0 aliphatic carbocycles. The van der Waals surface area contributed by atoms with Crippen molar-refractivity contribution in [3.05, 3.63) is 47.2 Å². The number of rotatable bonds is 6. The molecular weight excluding hydrogens is 376 g/mol. The number of benzene rings is 1. The second-order valence-electron chi connectivity index (χ2n) is 7.59. The van der Waals surface area contributed by atoms with Crippen LogP contribution in [0.15, 0.2) is 41.7 Å². The molecule has 28 heavy (non-hydrogen) atoms. The molecule has 0 bridgehead atoms. The molecule has 0 saturated carbocycles. The van der Waals surface area contributed by atoms with Gasteiger partial charge in [-0.1, -0.05) is 11.6 Å². The maximum Gasteiger partial charge on any atom is 0.240 e. The SMILES string of the molecule is CCNC(=NCc1cnn(-c2ccc(Cl)cc2)c1)N(C)CC(=O)NC(C)(C)C. The van der Waals surface area contributed by atoms with Crippen molar-refractivity contribution >= 4 is 23.5 Å². The topological polar surface area (TPSA) is 74.5 Å². The van der Waals surface area contributed by atoms with E-state index in [0.29, 0.717) is 24.1 Å². The highest BCUT2D eigenvalue weighted by Crippen LogP contribution is 2.13. The quantitative estimate of drug-likeness (QED) is 0.573. The molecule has 0 spiro atoms. The van der Waals surface area contributed by atoms with Crippen molar-refractivity contribution in [1.29, 1.82) is 0 Å². The average molecular weight is 405 g/mol. The van der Waals surface area contributed by atoms with Gasteiger partial charge in [-0.2, -0.15) is 5.10 Å². The van der Waals surface area contributed by atoms with Crippen LogP contribution in [0.1, 0.15) is 33.3 Å². The van der Waals surface area contributed by atoms with Crippen LogP contribution in [-0.2, 0) is 11.3 Å². The lowest BCUT2D eigenvalue weighted by atomic mass is 10.1. The lowest BCUT2D eigenvalue weighted by Crippen LogP contribution is -2.48. The minimum atomic E-state index is -0.260. The first-order chi connectivity index (χ1) is 13.2. The van der Waals surface area contributed by atoms with Crippen molar-refractivity contribution in [3.8, 4) is 5.69 Å². The first-order valence-corrected chi connectivity index (χ1v) is 9.65. The van der Waals surface area contributed by atoms with Crippen molar-refractivity contribution in [1.82, 2.24) is 25.3 Å². The molecule has 0 atom stereocenters. The van der Waals surface area contributed by atoms with Gasteiger partial charge in [0.15, 0.2) is 5.96 Å². The summed E-state index contributed by atoms with van der Waals surface area (Å²) in [5.41, 5.74) is 1.64. The molecule has 0 radical (unpaired) electrons. The van der Waals surface area contributed by atoms with Gasteiger partial charge < -0.3 is 15.5 Å². The first-order valence-electron chi connectivity index (χ1n) is 9.28. The molecule has 1 aromatic carbocycles. The molecular formula is C20H29ClN6O. The highest BCUT2D eigenvalue weighted by Gasteiger charge is 2.16. The Labute approximate surface area is 171 Å². The van der Waals surface area contributed by atoms with Gasteiger partial charge in [0.2, 0.25) is 5.91 Å². The second kappa shape index (κ2) is 9.59. The molecule has 1 heterocycles. The van der Waals surface area contributed by atoms with E-state index in [2.05, 4.69) is 20.7 Å². The Morgan fingerprint density at radius 2 is 1.96 bits per heavy atom. The minimum Gasteiger partial charge on any atom is -0.357 e. The fourth-order valence-corrected chi connectivity index (χ4v) is 2.69. The number of aromatic nitrogens is 2. The van der Waals surface area contributed by atoms with Gasteiger partial charge in [-0.25, -0.2) is 9.67 Å². The Hall–Kier alpha value is -2.54. The number of halogens is 1. The highest BCUT2D eigenvalue weighted by molar-refractivity contribution is 6.30. The van der Waals surface area contributed by atoms with Crippen molar-refractivity contribution < 1.29 is 4.79 Å². The van der Waals surface area contributed by atoms with Gasteiger partial charge in [-0.3, -0.25) is 4.79 Å². The zero-order chi connectivity index (χ0) is 20.7. The summed E-state index contributed by atoms with van der Waals surface area (Å²) in [6.07, 6.45) is 3.72. The second-order valence-corrected chi connectivity index (χ2v) is 8.03. The number of amides is 1. The predicted octanol–water partition coefficient (Wildman–Crippen LogP) is 2.84. The Kier molecular flexibility index (Phi) is 7.45. The molecule has 1 aromatic heterocycles. The van der Waals surface area contributed by atoms with Crippen LogP contribution in [0.2, 0.25) is 5.02 Å². The van der Waals surface area contributed by atoms with Crippen LogP contribution in [0.4, 0.5) is 0 Å². The molecule has 7 nitrogen and oxygen atoms in total. The molecule has 1 amide bonds. The monoisotopic (exact) mass is 404 g/mol. The predicted molar refractivity (Wildman–Crippen MR) is 114 cm³/mol. The molecule has 0 unspecified atom stereocenters. The van der Waals surface area contributed by atoms with E-state index in [1.165, 1.54) is 0 Å². The molecule has 0 fully saturated rings. The van der Waals surface area contributed by atoms with Crippen LogP contribution >= 0.6 is 11.6 Å². The molecule has 2 rings (SSSR count). The number of nitrogens with zero attached hydrogens (tertiary/aromatic N) is 4. The third kappa shape index (κ3) is 6.88. The van der Waals surface area contributed by atoms with E-state index < -0.39 is 0 Å². The fourth-order valence-electron chi connectivity index (χ4n) is 2.56. The van der Waals surface area contributed by atoms with Gasteiger partial charge in [-0.15, -0.1) is 0 Å². The van der Waals surface area contributed by atoms with Gasteiger partial charge in [0, 0.05) is 35.9 Å². The Morgan fingerprint density at radius 3 is 2.57 bits per heavy atom. The standard InChI is InChI=1S/C20H29ClN6O/c1-6-22-19(26(5)14-18(28)25-20(2,3)4)23-11-15-12-24-27(13-15)17-9-7-16(21)8-10-17/h7-10,12-13H,6,11,14H2,1-5H3,(H,22,23)(H,25,28). The zero-order valence-corrected chi connectivity index (χ0v) is 17.9. The third-order valence-electron chi connectivity index (χ3n) is 3.73. The number of aliphatic imine (C=N–C) groups is 1. The molecule has 2 aromatic rings. The van der Waals surface area contributed by atoms with Crippen LogP contribution in [0, 0.1) is 0 Å². The maximum absolute atomic E-state index is 12.2. The van der Waals surface area contributed by atoms with Crippen LogP contribution in [0.3, 0.4) is 0 Å². The largest absolute Gasteiger partial charge is 0.357 e. The number of guanidine groups is 1. The van der Waals surface area contributed by atoms with E-state index in [1.807, 2.05) is 70.1 Å². The summed E-state index contributed by atoms with van der Waals surface area (Å²) >= 11 is 5.93. The van der Waals surface area contributed by atoms with Crippen molar-refractivity contribution in [2.75, 3.05) is 20.1 Å². The summed E-state index contributed by atoms with van der Waals surface area (Å²) < 4.78 is 1.79. The van der Waals surface area contributed by atoms with E-state index in [4.69, 9.17) is 11.6 Å². The van der Waals surface area contributed by atoms with Crippen LogP contribution in [0.25, 0.3) is 5.69 Å². The van der Waals surface area contributed by atoms with E-state index in [0.717, 1.165) is 11.3 Å². The maximum atomic E-state index is 12.2. The van der Waals surface area contributed by atoms with Gasteiger partial charge in [0.25, 0.3) is 0 Å². The van der Waals surface area contributed by atoms with E-state index in [-0.39, 0.29) is 18.0 Å². The summed E-state index contributed by atoms with van der Waals surface area (Å²) in [4.78, 5) is 18.6. The number of nitrogens with one attached hydrogen (secondary N) is 2. The van der Waals surface area contributed by atoms with Gasteiger partial charge in [-0.05, 0) is 52.0 Å². The van der Waals surface area contributed by atoms with Gasteiger partial charge in [0.05, 0.1) is 25.0 Å². The van der Waals surface area contributed by atoms with Crippen LogP contribution in [0.5, 0.6) is 0 Å². The zero-order valence-electron chi connectivity index (χ0n) is 17.2. The van der Waals surface area contributed by atoms with Crippen LogP contribution < -0.4 is 10.6 Å². The normalized spacial score (nSPS) is 12.0. The lowest BCUT2D eigenvalue weighted by molar-refractivity contribution is -0.122. The molecule has 152 valence electrons. The van der Waals surface area contributed by atoms with Crippen molar-refractivity contribution in [2.24, 2.45) is 4.99 Å². The smallest absolute Gasteiger partial charge is 0.240 e. The average Bonchev–Trinajstić information content (AvgIpc) is 3.06. The molecule has 0 aliphatic rings. The lowest BCUT2D eigenvalue weighted by Gasteiger charge is -2.25. The number of hydrogen-bond acceptors (Lipinski definition) is 3. The molecule has 0 saturated heterocycles. The fraction of sp³-hybridized carbons (Fsp3) is 0.450. The summed E-state index contributed by atoms with van der Waals surface area (Å²) in [5.74, 6) is 0.627. The third-order valence-corrected chi connectivity index (χ3v) is 3.98. The van der Waals surface area contributed by atoms with E-state index >= 15 is 0 Å². The molecule has 2 N–H and O–H groups in total. The van der Waals surface area contributed by atoms with Crippen molar-refractivity contribution in [3.63, 3.8) is 0 Å². The minimum absolute atomic E-state index is 0.0452. The number of carbonyl (C=O) groups excluding carboxylic acids is 1. The summed E-state index contributed by atoms with van der Waals surface area (Å²) in [6.45, 7) is 9.28. The van der Waals surface area contributed by atoms with Crippen LogP contribution in [-0.4, -0.2) is 52.2 Å². The molecule has 0 aliphatic heterocycles. The number of likely N-dealkylation sites (N-methyl/N-ethyl adjacent to an activating group) is 1. The van der Waals surface area contributed by atoms with Gasteiger partial charge >= 0.3 is 0 Å². The summed E-state index contributed by atoms with van der Waals surface area (Å²) in [6, 6.07) is 7.48. The summed E-state index contributed by atoms with van der Waals surface area (Å²) in [7, 11) is 1.85. The summed E-state index contributed by atoms with van der Waals surface area (Å²) in [5, 5.41) is 11.2. The Morgan fingerprint density at radius 1 is 1.29 bits per heavy atom. The number of hydrogen-bond donors (Lipinski definition) is 2. The van der Waals surface area contributed by atoms with Crippen molar-refractivity contribution in [2.45, 2.75) is 39.8 Å². The van der Waals surface area contributed by atoms with Gasteiger partial charge in [0.1, 0.15) is 0 Å². The Balaban J connectivity index is 2.04. The van der Waals surface area contributed by atoms with E-state index in [1.54, 1.807) is 10.9 Å². The molecule has 8 heteroatoms. The first kappa shape index (κ1) is 21.8. The Bertz CT molecular complexity index is 807.